The summed E-state index contributed by atoms with van der Waals surface area (Å²) in [6, 6.07) is 4.76. The molecular weight excluding hydrogens is 172 g/mol. The fourth-order valence-electron chi connectivity index (χ4n) is 1.05. The minimum Gasteiger partial charge on any atom is -0.288 e. The molecule has 0 spiro atoms. The van der Waals surface area contributed by atoms with Crippen molar-refractivity contribution in [2.45, 2.75) is 0 Å². The number of fused-ring (bicyclic) bond motifs is 1. The number of aromatic amines is 1. The molecule has 1 amide bonds. The van der Waals surface area contributed by atoms with Crippen molar-refractivity contribution in [2.75, 3.05) is 0 Å². The van der Waals surface area contributed by atoms with E-state index in [2.05, 4.69) is 15.4 Å². The van der Waals surface area contributed by atoms with Crippen molar-refractivity contribution in [1.82, 2.24) is 20.9 Å². The Balaban J connectivity index is 2.54. The fraction of sp³-hybridized carbons (Fsp3) is 0. The minimum atomic E-state index is -0.565. The van der Waals surface area contributed by atoms with Gasteiger partial charge in [-0.2, -0.15) is 0 Å². The second kappa shape index (κ2) is 2.83. The van der Waals surface area contributed by atoms with E-state index in [-0.39, 0.29) is 0 Å². The molecule has 0 radical (unpaired) electrons. The number of carbonyl (C=O) groups is 1. The Hall–Kier alpha value is -1.95. The number of carbonyl (C=O) groups excluding carboxylic acids is 1. The lowest BCUT2D eigenvalue weighted by atomic mass is 10.2. The molecule has 6 heteroatoms. The molecule has 0 bridgehead atoms. The summed E-state index contributed by atoms with van der Waals surface area (Å²) in [6.07, 6.45) is 0. The third-order valence-corrected chi connectivity index (χ3v) is 1.69. The normalized spacial score (nSPS) is 10.2. The first-order valence-corrected chi connectivity index (χ1v) is 3.56. The van der Waals surface area contributed by atoms with Crippen LogP contribution in [0.15, 0.2) is 18.2 Å². The van der Waals surface area contributed by atoms with E-state index in [0.29, 0.717) is 11.1 Å². The number of hydroxylamine groups is 1. The van der Waals surface area contributed by atoms with Crippen molar-refractivity contribution in [3.8, 4) is 0 Å². The van der Waals surface area contributed by atoms with Gasteiger partial charge in [-0.25, -0.2) is 5.48 Å². The van der Waals surface area contributed by atoms with Gasteiger partial charge in [0.25, 0.3) is 5.91 Å². The molecule has 3 N–H and O–H groups in total. The zero-order valence-corrected chi connectivity index (χ0v) is 6.48. The first kappa shape index (κ1) is 7.69. The highest BCUT2D eigenvalue weighted by Crippen LogP contribution is 2.09. The van der Waals surface area contributed by atoms with Crippen LogP contribution in [0.2, 0.25) is 0 Å². The SMILES string of the molecule is O=C(NO)c1ccc2[nH]nnc2c1. The molecule has 0 aliphatic carbocycles. The predicted octanol–water partition coefficient (Wildman–Crippen LogP) is 0.0769. The van der Waals surface area contributed by atoms with Crippen LogP contribution < -0.4 is 5.48 Å². The van der Waals surface area contributed by atoms with E-state index in [1.807, 2.05) is 0 Å². The Kier molecular flexibility index (Phi) is 1.67. The quantitative estimate of drug-likeness (QED) is 0.426. The zero-order valence-electron chi connectivity index (χ0n) is 6.48. The second-order valence-corrected chi connectivity index (χ2v) is 2.48. The van der Waals surface area contributed by atoms with Gasteiger partial charge in [0.15, 0.2) is 0 Å². The number of amides is 1. The molecular formula is C7H6N4O2. The summed E-state index contributed by atoms with van der Waals surface area (Å²) >= 11 is 0. The third-order valence-electron chi connectivity index (χ3n) is 1.69. The maximum Gasteiger partial charge on any atom is 0.274 e. The molecule has 0 saturated carbocycles. The number of H-pyrrole nitrogens is 1. The van der Waals surface area contributed by atoms with E-state index < -0.39 is 5.91 Å². The number of hydrogen-bond acceptors (Lipinski definition) is 4. The first-order chi connectivity index (χ1) is 6.31. The van der Waals surface area contributed by atoms with Crippen molar-refractivity contribution in [3.63, 3.8) is 0 Å². The van der Waals surface area contributed by atoms with Crippen molar-refractivity contribution >= 4 is 16.9 Å². The topological polar surface area (TPSA) is 90.9 Å². The number of rotatable bonds is 1. The minimum absolute atomic E-state index is 0.337. The summed E-state index contributed by atoms with van der Waals surface area (Å²) in [4.78, 5) is 11.0. The van der Waals surface area contributed by atoms with Crippen LogP contribution in [0.25, 0.3) is 11.0 Å². The molecule has 1 aromatic heterocycles. The van der Waals surface area contributed by atoms with Crippen LogP contribution in [-0.4, -0.2) is 26.5 Å². The summed E-state index contributed by atoms with van der Waals surface area (Å²) in [5, 5.41) is 18.3. The molecule has 2 rings (SSSR count). The Morgan fingerprint density at radius 1 is 1.54 bits per heavy atom. The van der Waals surface area contributed by atoms with Gasteiger partial charge in [-0.05, 0) is 18.2 Å². The van der Waals surface area contributed by atoms with E-state index in [4.69, 9.17) is 5.21 Å². The van der Waals surface area contributed by atoms with Crippen LogP contribution in [0.4, 0.5) is 0 Å². The van der Waals surface area contributed by atoms with E-state index >= 15 is 0 Å². The lowest BCUT2D eigenvalue weighted by Gasteiger charge is -1.96. The second-order valence-electron chi connectivity index (χ2n) is 2.48. The molecule has 66 valence electrons. The Morgan fingerprint density at radius 2 is 2.38 bits per heavy atom. The molecule has 0 unspecified atom stereocenters. The van der Waals surface area contributed by atoms with Crippen molar-refractivity contribution < 1.29 is 10.0 Å². The van der Waals surface area contributed by atoms with Gasteiger partial charge in [-0.3, -0.25) is 15.1 Å². The van der Waals surface area contributed by atoms with Gasteiger partial charge < -0.3 is 0 Å². The van der Waals surface area contributed by atoms with Gasteiger partial charge >= 0.3 is 0 Å². The molecule has 6 nitrogen and oxygen atoms in total. The highest BCUT2D eigenvalue weighted by molar-refractivity contribution is 5.96. The third kappa shape index (κ3) is 1.23. The van der Waals surface area contributed by atoms with Crippen LogP contribution in [0, 0.1) is 0 Å². The van der Waals surface area contributed by atoms with Gasteiger partial charge in [0.1, 0.15) is 5.52 Å². The fourth-order valence-corrected chi connectivity index (χ4v) is 1.05. The van der Waals surface area contributed by atoms with Crippen LogP contribution >= 0.6 is 0 Å². The molecule has 2 aromatic rings. The molecule has 0 atom stereocenters. The molecule has 0 fully saturated rings. The number of nitrogens with zero attached hydrogens (tertiary/aromatic N) is 2. The van der Waals surface area contributed by atoms with E-state index in [1.54, 1.807) is 17.6 Å². The average Bonchev–Trinajstić information content (AvgIpc) is 2.63. The van der Waals surface area contributed by atoms with Crippen LogP contribution in [-0.2, 0) is 0 Å². The van der Waals surface area contributed by atoms with E-state index in [0.717, 1.165) is 5.52 Å². The first-order valence-electron chi connectivity index (χ1n) is 3.56. The molecule has 0 aliphatic heterocycles. The summed E-state index contributed by atoms with van der Waals surface area (Å²) in [5.41, 5.74) is 3.21. The highest BCUT2D eigenvalue weighted by atomic mass is 16.5. The molecule has 13 heavy (non-hydrogen) atoms. The van der Waals surface area contributed by atoms with Gasteiger partial charge in [-0.15, -0.1) is 5.10 Å². The summed E-state index contributed by atoms with van der Waals surface area (Å²) in [6.45, 7) is 0. The van der Waals surface area contributed by atoms with Gasteiger partial charge in [0.2, 0.25) is 0 Å². The number of hydrogen-bond donors (Lipinski definition) is 3. The summed E-state index contributed by atoms with van der Waals surface area (Å²) < 4.78 is 0. The van der Waals surface area contributed by atoms with Crippen molar-refractivity contribution in [2.24, 2.45) is 0 Å². The Bertz CT molecular complexity index is 450. The number of benzene rings is 1. The number of aromatic nitrogens is 3. The largest absolute Gasteiger partial charge is 0.288 e. The standard InChI is InChI=1S/C7H6N4O2/c12-7(10-13)4-1-2-5-6(3-4)9-11-8-5/h1-3,13H,(H,10,12)(H,8,9,11). The van der Waals surface area contributed by atoms with Gasteiger partial charge in [-0.1, -0.05) is 5.21 Å². The highest BCUT2D eigenvalue weighted by Gasteiger charge is 2.05. The van der Waals surface area contributed by atoms with Crippen molar-refractivity contribution in [3.05, 3.63) is 23.8 Å². The Morgan fingerprint density at radius 3 is 3.15 bits per heavy atom. The van der Waals surface area contributed by atoms with Crippen LogP contribution in [0.1, 0.15) is 10.4 Å². The lowest BCUT2D eigenvalue weighted by molar-refractivity contribution is 0.0706. The van der Waals surface area contributed by atoms with Crippen LogP contribution in [0.3, 0.4) is 0 Å². The van der Waals surface area contributed by atoms with Gasteiger partial charge in [0, 0.05) is 5.56 Å². The average molecular weight is 178 g/mol. The number of nitrogens with one attached hydrogen (secondary N) is 2. The summed E-state index contributed by atoms with van der Waals surface area (Å²) in [5.74, 6) is -0.565. The Labute approximate surface area is 72.5 Å². The van der Waals surface area contributed by atoms with Gasteiger partial charge in [0.05, 0.1) is 5.52 Å². The lowest BCUT2D eigenvalue weighted by Crippen LogP contribution is -2.18. The molecule has 0 aliphatic rings. The van der Waals surface area contributed by atoms with E-state index in [9.17, 15) is 4.79 Å². The van der Waals surface area contributed by atoms with Crippen molar-refractivity contribution in [1.29, 1.82) is 0 Å². The smallest absolute Gasteiger partial charge is 0.274 e. The maximum absolute atomic E-state index is 11.0. The van der Waals surface area contributed by atoms with Crippen LogP contribution in [0.5, 0.6) is 0 Å². The molecule has 1 heterocycles. The molecule has 1 aromatic carbocycles. The van der Waals surface area contributed by atoms with E-state index in [1.165, 1.54) is 6.07 Å². The zero-order chi connectivity index (χ0) is 9.26. The predicted molar refractivity (Wildman–Crippen MR) is 43.1 cm³/mol. The monoisotopic (exact) mass is 178 g/mol. The summed E-state index contributed by atoms with van der Waals surface area (Å²) in [7, 11) is 0. The molecule has 0 saturated heterocycles. The maximum atomic E-state index is 11.0.